The molecule has 1 aromatic rings. The summed E-state index contributed by atoms with van der Waals surface area (Å²) in [7, 11) is 1.92. The quantitative estimate of drug-likeness (QED) is 0.909. The average Bonchev–Trinajstić information content (AvgIpc) is 2.80. The molecule has 2 rings (SSSR count). The van der Waals surface area contributed by atoms with Gasteiger partial charge in [-0.3, -0.25) is 4.79 Å². The van der Waals surface area contributed by atoms with E-state index in [2.05, 4.69) is 21.2 Å². The van der Waals surface area contributed by atoms with Gasteiger partial charge in [-0.2, -0.15) is 0 Å². The summed E-state index contributed by atoms with van der Waals surface area (Å²) in [5.74, 6) is 0.0390. The molecule has 92 valence electrons. The molecule has 1 saturated heterocycles. The van der Waals surface area contributed by atoms with Gasteiger partial charge in [0.05, 0.1) is 5.56 Å². The molecule has 1 aliphatic rings. The fourth-order valence-electron chi connectivity index (χ4n) is 2.01. The van der Waals surface area contributed by atoms with Crippen LogP contribution in [0.3, 0.4) is 0 Å². The SMILES string of the molecule is CNC1CCN(C(=O)c2cc(Cl)ccc2Br)C1. The van der Waals surface area contributed by atoms with Crippen LogP contribution in [0.1, 0.15) is 16.8 Å². The fourth-order valence-corrected chi connectivity index (χ4v) is 2.60. The normalized spacial score (nSPS) is 19.7. The predicted molar refractivity (Wildman–Crippen MR) is 72.5 cm³/mol. The van der Waals surface area contributed by atoms with Crippen molar-refractivity contribution in [3.63, 3.8) is 0 Å². The third kappa shape index (κ3) is 2.81. The minimum atomic E-state index is 0.0390. The van der Waals surface area contributed by atoms with Crippen molar-refractivity contribution in [2.24, 2.45) is 0 Å². The Hall–Kier alpha value is -0.580. The fraction of sp³-hybridized carbons (Fsp3) is 0.417. The summed E-state index contributed by atoms with van der Waals surface area (Å²) in [6.45, 7) is 1.55. The molecule has 5 heteroatoms. The summed E-state index contributed by atoms with van der Waals surface area (Å²) in [5.41, 5.74) is 0.634. The molecule has 1 amide bonds. The maximum Gasteiger partial charge on any atom is 0.255 e. The Morgan fingerprint density at radius 2 is 2.35 bits per heavy atom. The van der Waals surface area contributed by atoms with Crippen molar-refractivity contribution in [1.29, 1.82) is 0 Å². The summed E-state index contributed by atoms with van der Waals surface area (Å²) in [6, 6.07) is 5.68. The Labute approximate surface area is 114 Å². The molecule has 1 aliphatic heterocycles. The maximum absolute atomic E-state index is 12.3. The number of carbonyl (C=O) groups is 1. The smallest absolute Gasteiger partial charge is 0.255 e. The van der Waals surface area contributed by atoms with E-state index in [4.69, 9.17) is 11.6 Å². The van der Waals surface area contributed by atoms with Crippen LogP contribution < -0.4 is 5.32 Å². The molecule has 17 heavy (non-hydrogen) atoms. The number of hydrogen-bond donors (Lipinski definition) is 1. The average molecular weight is 318 g/mol. The van der Waals surface area contributed by atoms with Gasteiger partial charge in [-0.1, -0.05) is 11.6 Å². The first-order valence-corrected chi connectivity index (χ1v) is 6.70. The van der Waals surface area contributed by atoms with Crippen LogP contribution in [0, 0.1) is 0 Å². The molecule has 3 nitrogen and oxygen atoms in total. The third-order valence-corrected chi connectivity index (χ3v) is 3.97. The van der Waals surface area contributed by atoms with Crippen LogP contribution in [0.15, 0.2) is 22.7 Å². The number of benzene rings is 1. The molecule has 1 atom stereocenters. The second-order valence-electron chi connectivity index (χ2n) is 4.15. The Balaban J connectivity index is 2.17. The lowest BCUT2D eigenvalue weighted by Crippen LogP contribution is -2.33. The maximum atomic E-state index is 12.3. The number of rotatable bonds is 2. The van der Waals surface area contributed by atoms with E-state index in [1.165, 1.54) is 0 Å². The lowest BCUT2D eigenvalue weighted by molar-refractivity contribution is 0.0789. The van der Waals surface area contributed by atoms with Crippen molar-refractivity contribution >= 4 is 33.4 Å². The lowest BCUT2D eigenvalue weighted by Gasteiger charge is -2.17. The highest BCUT2D eigenvalue weighted by Crippen LogP contribution is 2.24. The number of likely N-dealkylation sites (N-methyl/N-ethyl adjacent to an activating group) is 1. The van der Waals surface area contributed by atoms with E-state index in [-0.39, 0.29) is 5.91 Å². The highest BCUT2D eigenvalue weighted by atomic mass is 79.9. The van der Waals surface area contributed by atoms with Crippen molar-refractivity contribution in [3.8, 4) is 0 Å². The summed E-state index contributed by atoms with van der Waals surface area (Å²) >= 11 is 9.31. The first-order valence-electron chi connectivity index (χ1n) is 5.53. The minimum Gasteiger partial charge on any atom is -0.337 e. The zero-order valence-corrected chi connectivity index (χ0v) is 11.9. The lowest BCUT2D eigenvalue weighted by atomic mass is 10.2. The highest BCUT2D eigenvalue weighted by Gasteiger charge is 2.26. The molecule has 1 N–H and O–H groups in total. The van der Waals surface area contributed by atoms with Crippen molar-refractivity contribution in [2.75, 3.05) is 20.1 Å². The molecule has 1 unspecified atom stereocenters. The van der Waals surface area contributed by atoms with Gasteiger partial charge in [-0.15, -0.1) is 0 Å². The first kappa shape index (κ1) is 12.9. The molecule has 1 heterocycles. The largest absolute Gasteiger partial charge is 0.337 e. The number of carbonyl (C=O) groups excluding carboxylic acids is 1. The number of likely N-dealkylation sites (tertiary alicyclic amines) is 1. The molecule has 0 radical (unpaired) electrons. The minimum absolute atomic E-state index is 0.0390. The van der Waals surface area contributed by atoms with Crippen LogP contribution in [0.2, 0.25) is 5.02 Å². The number of nitrogens with zero attached hydrogens (tertiary/aromatic N) is 1. The Kier molecular flexibility index (Phi) is 4.07. The third-order valence-electron chi connectivity index (χ3n) is 3.04. The van der Waals surface area contributed by atoms with Crippen LogP contribution in [0.4, 0.5) is 0 Å². The van der Waals surface area contributed by atoms with Gasteiger partial charge < -0.3 is 10.2 Å². The van der Waals surface area contributed by atoms with Gasteiger partial charge in [0.1, 0.15) is 0 Å². The van der Waals surface area contributed by atoms with Gasteiger partial charge >= 0.3 is 0 Å². The van der Waals surface area contributed by atoms with E-state index in [0.29, 0.717) is 16.6 Å². The van der Waals surface area contributed by atoms with Gasteiger partial charge in [0.25, 0.3) is 5.91 Å². The van der Waals surface area contributed by atoms with Crippen LogP contribution in [0.5, 0.6) is 0 Å². The van der Waals surface area contributed by atoms with E-state index >= 15 is 0 Å². The number of hydrogen-bond acceptors (Lipinski definition) is 2. The van der Waals surface area contributed by atoms with Crippen LogP contribution in [-0.4, -0.2) is 37.0 Å². The zero-order chi connectivity index (χ0) is 12.4. The summed E-state index contributed by atoms with van der Waals surface area (Å²) in [6.07, 6.45) is 1.00. The Morgan fingerprint density at radius 1 is 1.59 bits per heavy atom. The van der Waals surface area contributed by atoms with Crippen molar-refractivity contribution in [2.45, 2.75) is 12.5 Å². The monoisotopic (exact) mass is 316 g/mol. The second kappa shape index (κ2) is 5.38. The van der Waals surface area contributed by atoms with Crippen LogP contribution in [-0.2, 0) is 0 Å². The van der Waals surface area contributed by atoms with E-state index in [1.54, 1.807) is 18.2 Å². The molecule has 0 saturated carbocycles. The van der Waals surface area contributed by atoms with Crippen molar-refractivity contribution in [3.05, 3.63) is 33.3 Å². The Morgan fingerprint density at radius 3 is 3.00 bits per heavy atom. The number of nitrogens with one attached hydrogen (secondary N) is 1. The van der Waals surface area contributed by atoms with E-state index in [9.17, 15) is 4.79 Å². The number of amides is 1. The standard InChI is InChI=1S/C12H14BrClN2O/c1-15-9-4-5-16(7-9)12(17)10-6-8(14)2-3-11(10)13/h2-3,6,9,15H,4-5,7H2,1H3. The molecule has 1 fully saturated rings. The second-order valence-corrected chi connectivity index (χ2v) is 5.44. The summed E-state index contributed by atoms with van der Waals surface area (Å²) in [4.78, 5) is 14.1. The van der Waals surface area contributed by atoms with Crippen LogP contribution in [0.25, 0.3) is 0 Å². The molecule has 0 aromatic heterocycles. The van der Waals surface area contributed by atoms with Gasteiger partial charge in [-0.05, 0) is 47.6 Å². The van der Waals surface area contributed by atoms with E-state index in [1.807, 2.05) is 11.9 Å². The molecule has 0 bridgehead atoms. The molecule has 0 aliphatic carbocycles. The molecular formula is C12H14BrClN2O. The zero-order valence-electron chi connectivity index (χ0n) is 9.54. The summed E-state index contributed by atoms with van der Waals surface area (Å²) in [5, 5.41) is 3.78. The topological polar surface area (TPSA) is 32.3 Å². The predicted octanol–water partition coefficient (Wildman–Crippen LogP) is 2.54. The van der Waals surface area contributed by atoms with Gasteiger partial charge in [0.15, 0.2) is 0 Å². The summed E-state index contributed by atoms with van der Waals surface area (Å²) < 4.78 is 0.791. The van der Waals surface area contributed by atoms with Crippen molar-refractivity contribution < 1.29 is 4.79 Å². The Bertz CT molecular complexity index is 439. The van der Waals surface area contributed by atoms with Gasteiger partial charge in [-0.25, -0.2) is 0 Å². The highest BCUT2D eigenvalue weighted by molar-refractivity contribution is 9.10. The molecule has 1 aromatic carbocycles. The van der Waals surface area contributed by atoms with Crippen molar-refractivity contribution in [1.82, 2.24) is 10.2 Å². The molecule has 0 spiro atoms. The number of halogens is 2. The van der Waals surface area contributed by atoms with Gasteiger partial charge in [0.2, 0.25) is 0 Å². The van der Waals surface area contributed by atoms with Gasteiger partial charge in [0, 0.05) is 28.6 Å². The van der Waals surface area contributed by atoms with Crippen LogP contribution >= 0.6 is 27.5 Å². The van der Waals surface area contributed by atoms with E-state index in [0.717, 1.165) is 24.0 Å². The first-order chi connectivity index (χ1) is 8.11. The molecular weight excluding hydrogens is 304 g/mol. The van der Waals surface area contributed by atoms with E-state index < -0.39 is 0 Å².